The standard InChI is InChI=1S/C32H38FN7O3/c1-32(2)20(11-26(41)38-32)16-43-25-6-4-5-18-10-24(40(28(18)25)15-17-7-8-17)30-36-23-12-22-27(37-29(23)39(30)3)19(9-21(34)13-33)14-35-31(22)42/h4-6,10,12,17,19-21H,7-9,11,13-16,34H2,1-3H3,(H,35,42)(H,38,41)/t19?,20?,21-/m0/s1. The highest BCUT2D eigenvalue weighted by molar-refractivity contribution is 5.99. The van der Waals surface area contributed by atoms with E-state index in [-0.39, 0.29) is 29.2 Å². The van der Waals surface area contributed by atoms with Crippen molar-refractivity contribution in [2.24, 2.45) is 24.6 Å². The Kier molecular flexibility index (Phi) is 6.68. The van der Waals surface area contributed by atoms with Crippen molar-refractivity contribution >= 4 is 33.9 Å². The molecule has 1 aliphatic carbocycles. The molecular formula is C32H38FN7O3. The minimum atomic E-state index is -0.622. The molecule has 0 bridgehead atoms. The molecule has 226 valence electrons. The van der Waals surface area contributed by atoms with Gasteiger partial charge in [0, 0.05) is 55.4 Å². The predicted molar refractivity (Wildman–Crippen MR) is 162 cm³/mol. The predicted octanol–water partition coefficient (Wildman–Crippen LogP) is 3.81. The molecule has 0 radical (unpaired) electrons. The van der Waals surface area contributed by atoms with Gasteiger partial charge in [0.05, 0.1) is 29.1 Å². The second-order valence-electron chi connectivity index (χ2n) is 13.1. The number of nitrogens with zero attached hydrogens (tertiary/aromatic N) is 4. The van der Waals surface area contributed by atoms with E-state index in [1.165, 1.54) is 12.8 Å². The van der Waals surface area contributed by atoms with Gasteiger partial charge in [0.15, 0.2) is 11.5 Å². The number of fused-ring (bicyclic) bond motifs is 3. The minimum absolute atomic E-state index is 0.0578. The molecule has 1 saturated carbocycles. The maximum absolute atomic E-state index is 13.3. The van der Waals surface area contributed by atoms with Gasteiger partial charge in [0.1, 0.15) is 17.9 Å². The van der Waals surface area contributed by atoms with Crippen LogP contribution in [-0.4, -0.2) is 62.3 Å². The number of imidazole rings is 1. The maximum atomic E-state index is 13.3. The van der Waals surface area contributed by atoms with Crippen molar-refractivity contribution in [3.8, 4) is 17.3 Å². The van der Waals surface area contributed by atoms with Gasteiger partial charge in [-0.1, -0.05) is 12.1 Å². The number of aryl methyl sites for hydroxylation is 1. The second-order valence-corrected chi connectivity index (χ2v) is 13.1. The Balaban J connectivity index is 1.31. The number of amides is 2. The largest absolute Gasteiger partial charge is 0.491 e. The summed E-state index contributed by atoms with van der Waals surface area (Å²) in [4.78, 5) is 34.9. The highest BCUT2D eigenvalue weighted by Crippen LogP contribution is 2.40. The number of rotatable bonds is 9. The SMILES string of the molecule is Cn1c(-c2cc3cccc(OCC4CC(=O)NC4(C)C)c3n2CC2CC2)nc2cc3c(nc21)C(C[C@H](N)CF)CNC3=O. The van der Waals surface area contributed by atoms with Gasteiger partial charge < -0.3 is 30.2 Å². The first-order valence-electron chi connectivity index (χ1n) is 15.2. The van der Waals surface area contributed by atoms with E-state index in [1.807, 2.05) is 37.6 Å². The molecule has 4 aromatic rings. The number of alkyl halides is 1. The number of nitrogens with one attached hydrogen (secondary N) is 2. The number of carbonyl (C=O) groups is 2. The molecule has 43 heavy (non-hydrogen) atoms. The van der Waals surface area contributed by atoms with Crippen LogP contribution in [0.2, 0.25) is 0 Å². The number of para-hydroxylation sites is 1. The Morgan fingerprint density at radius 3 is 2.74 bits per heavy atom. The van der Waals surface area contributed by atoms with Crippen LogP contribution in [0.3, 0.4) is 0 Å². The van der Waals surface area contributed by atoms with E-state index in [0.717, 1.165) is 34.7 Å². The van der Waals surface area contributed by atoms with E-state index >= 15 is 0 Å². The molecule has 1 saturated heterocycles. The Morgan fingerprint density at radius 2 is 2.02 bits per heavy atom. The summed E-state index contributed by atoms with van der Waals surface area (Å²) in [5.74, 6) is 1.88. The lowest BCUT2D eigenvalue weighted by Crippen LogP contribution is -2.41. The highest BCUT2D eigenvalue weighted by atomic mass is 19.1. The van der Waals surface area contributed by atoms with Gasteiger partial charge >= 0.3 is 0 Å². The summed E-state index contributed by atoms with van der Waals surface area (Å²) >= 11 is 0. The zero-order valence-electron chi connectivity index (χ0n) is 24.8. The topological polar surface area (TPSA) is 129 Å². The van der Waals surface area contributed by atoms with Crippen molar-refractivity contribution in [3.05, 3.63) is 41.6 Å². The van der Waals surface area contributed by atoms with Gasteiger partial charge in [-0.3, -0.25) is 9.59 Å². The number of halogens is 1. The maximum Gasteiger partial charge on any atom is 0.253 e. The Bertz CT molecular complexity index is 1750. The first-order chi connectivity index (χ1) is 20.6. The third kappa shape index (κ3) is 4.93. The average molecular weight is 588 g/mol. The quantitative estimate of drug-likeness (QED) is 0.273. The summed E-state index contributed by atoms with van der Waals surface area (Å²) in [6.45, 7) is 5.11. The molecule has 2 unspecified atom stereocenters. The lowest BCUT2D eigenvalue weighted by Gasteiger charge is -2.26. The van der Waals surface area contributed by atoms with Gasteiger partial charge in [-0.2, -0.15) is 0 Å². The smallest absolute Gasteiger partial charge is 0.253 e. The van der Waals surface area contributed by atoms with E-state index in [9.17, 15) is 14.0 Å². The number of hydrogen-bond donors (Lipinski definition) is 3. The molecule has 4 N–H and O–H groups in total. The number of benzene rings is 1. The number of aromatic nitrogens is 4. The average Bonchev–Trinajstić information content (AvgIpc) is 3.56. The molecule has 3 atom stereocenters. The van der Waals surface area contributed by atoms with Crippen LogP contribution in [0.5, 0.6) is 5.75 Å². The Labute approximate surface area is 249 Å². The van der Waals surface area contributed by atoms with Gasteiger partial charge in [0.2, 0.25) is 5.91 Å². The van der Waals surface area contributed by atoms with Crippen LogP contribution in [-0.2, 0) is 18.4 Å². The van der Waals surface area contributed by atoms with Crippen LogP contribution in [0.1, 0.15) is 61.5 Å². The molecule has 1 aromatic carbocycles. The van der Waals surface area contributed by atoms with Gasteiger partial charge in [0.25, 0.3) is 5.91 Å². The lowest BCUT2D eigenvalue weighted by atomic mass is 9.90. The van der Waals surface area contributed by atoms with Crippen molar-refractivity contribution in [2.75, 3.05) is 19.8 Å². The van der Waals surface area contributed by atoms with Crippen LogP contribution >= 0.6 is 0 Å². The van der Waals surface area contributed by atoms with Crippen molar-refractivity contribution in [1.29, 1.82) is 0 Å². The molecule has 3 aliphatic rings. The molecule has 3 aromatic heterocycles. The summed E-state index contributed by atoms with van der Waals surface area (Å²) in [5.41, 5.74) is 10.00. The molecular weight excluding hydrogens is 549 g/mol. The second kappa shape index (κ2) is 10.3. The summed E-state index contributed by atoms with van der Waals surface area (Å²) < 4.78 is 24.0. The fourth-order valence-electron chi connectivity index (χ4n) is 6.67. The molecule has 2 aliphatic heterocycles. The highest BCUT2D eigenvalue weighted by Gasteiger charge is 2.39. The monoisotopic (exact) mass is 587 g/mol. The number of carbonyl (C=O) groups excluding carboxylic acids is 2. The number of nitrogens with two attached hydrogens (primary N) is 1. The van der Waals surface area contributed by atoms with Gasteiger partial charge in [-0.25, -0.2) is 14.4 Å². The zero-order valence-corrected chi connectivity index (χ0v) is 24.8. The Morgan fingerprint density at radius 1 is 1.21 bits per heavy atom. The molecule has 7 rings (SSSR count). The third-order valence-electron chi connectivity index (χ3n) is 9.40. The van der Waals surface area contributed by atoms with E-state index < -0.39 is 12.7 Å². The first-order valence-corrected chi connectivity index (χ1v) is 15.2. The number of pyridine rings is 1. The van der Waals surface area contributed by atoms with Crippen LogP contribution in [0.4, 0.5) is 4.39 Å². The number of hydrogen-bond acceptors (Lipinski definition) is 6. The fraction of sp³-hybridized carbons (Fsp3) is 0.500. The van der Waals surface area contributed by atoms with E-state index in [1.54, 1.807) is 6.07 Å². The van der Waals surface area contributed by atoms with E-state index in [4.69, 9.17) is 20.4 Å². The van der Waals surface area contributed by atoms with Crippen molar-refractivity contribution < 1.29 is 18.7 Å². The van der Waals surface area contributed by atoms with Gasteiger partial charge in [-0.05, 0) is 57.2 Å². The van der Waals surface area contributed by atoms with Crippen LogP contribution in [0.25, 0.3) is 33.6 Å². The van der Waals surface area contributed by atoms with Crippen molar-refractivity contribution in [3.63, 3.8) is 0 Å². The first kappa shape index (κ1) is 27.8. The van der Waals surface area contributed by atoms with Crippen LogP contribution in [0, 0.1) is 11.8 Å². The van der Waals surface area contributed by atoms with E-state index in [2.05, 4.69) is 27.3 Å². The van der Waals surface area contributed by atoms with Crippen molar-refractivity contribution in [1.82, 2.24) is 29.7 Å². The van der Waals surface area contributed by atoms with Gasteiger partial charge in [-0.15, -0.1) is 0 Å². The van der Waals surface area contributed by atoms with Crippen LogP contribution in [0.15, 0.2) is 30.3 Å². The van der Waals surface area contributed by atoms with Crippen molar-refractivity contribution in [2.45, 2.75) is 63.6 Å². The normalized spacial score (nSPS) is 22.1. The lowest BCUT2D eigenvalue weighted by molar-refractivity contribution is -0.119. The molecule has 2 amide bonds. The molecule has 11 heteroatoms. The third-order valence-corrected chi connectivity index (χ3v) is 9.40. The van der Waals surface area contributed by atoms with E-state index in [0.29, 0.717) is 54.3 Å². The molecule has 0 spiro atoms. The van der Waals surface area contributed by atoms with Crippen LogP contribution < -0.4 is 21.1 Å². The summed E-state index contributed by atoms with van der Waals surface area (Å²) in [6.07, 6.45) is 3.21. The summed E-state index contributed by atoms with van der Waals surface area (Å²) in [5, 5.41) is 7.01. The Hall–Kier alpha value is -3.99. The minimum Gasteiger partial charge on any atom is -0.491 e. The summed E-state index contributed by atoms with van der Waals surface area (Å²) in [6, 6.07) is 9.41. The molecule has 5 heterocycles. The zero-order chi connectivity index (χ0) is 30.0. The molecule has 10 nitrogen and oxygen atoms in total. The fourth-order valence-corrected chi connectivity index (χ4v) is 6.67. The number of ether oxygens (including phenoxy) is 1. The summed E-state index contributed by atoms with van der Waals surface area (Å²) in [7, 11) is 1.94. The molecule has 2 fully saturated rings.